The van der Waals surface area contributed by atoms with Crippen LogP contribution in [0.5, 0.6) is 0 Å². The fourth-order valence-electron chi connectivity index (χ4n) is 1.79. The van der Waals surface area contributed by atoms with Gasteiger partial charge < -0.3 is 10.6 Å². The predicted octanol–water partition coefficient (Wildman–Crippen LogP) is 3.13. The Morgan fingerprint density at radius 1 is 1.30 bits per heavy atom. The van der Waals surface area contributed by atoms with E-state index in [2.05, 4.69) is 31.5 Å². The number of carbonyl (C=O) groups excluding carboxylic acids is 1. The number of rotatable bonds is 5. The Balaban J connectivity index is 1.83. The first-order valence-corrected chi connectivity index (χ1v) is 7.13. The third-order valence-corrected chi connectivity index (χ3v) is 3.38. The fraction of sp³-hybridized carbons (Fsp3) is 0.200. The molecule has 1 heterocycles. The number of benzene rings is 1. The molecule has 20 heavy (non-hydrogen) atoms. The monoisotopic (exact) mass is 333 g/mol. The van der Waals surface area contributed by atoms with Gasteiger partial charge in [0, 0.05) is 28.6 Å². The summed E-state index contributed by atoms with van der Waals surface area (Å²) in [6.45, 7) is 2.28. The third-order valence-electron chi connectivity index (χ3n) is 2.88. The molecule has 0 aliphatic heterocycles. The highest BCUT2D eigenvalue weighted by atomic mass is 79.9. The topological polar surface area (TPSA) is 54.0 Å². The van der Waals surface area contributed by atoms with Crippen LogP contribution >= 0.6 is 15.9 Å². The third kappa shape index (κ3) is 4.43. The van der Waals surface area contributed by atoms with Crippen molar-refractivity contribution < 1.29 is 4.79 Å². The second-order valence-corrected chi connectivity index (χ2v) is 5.36. The zero-order chi connectivity index (χ0) is 14.4. The van der Waals surface area contributed by atoms with Gasteiger partial charge in [-0.05, 0) is 42.8 Å². The molecular weight excluding hydrogens is 318 g/mol. The summed E-state index contributed by atoms with van der Waals surface area (Å²) >= 11 is 3.37. The summed E-state index contributed by atoms with van der Waals surface area (Å²) in [4.78, 5) is 15.8. The van der Waals surface area contributed by atoms with Crippen LogP contribution in [0.15, 0.2) is 53.3 Å². The van der Waals surface area contributed by atoms with Crippen LogP contribution in [-0.2, 0) is 4.79 Å². The number of carbonyl (C=O) groups is 1. The molecule has 1 aromatic heterocycles. The lowest BCUT2D eigenvalue weighted by Crippen LogP contribution is -2.30. The Hall–Kier alpha value is -1.72. The second-order valence-electron chi connectivity index (χ2n) is 4.44. The quantitative estimate of drug-likeness (QED) is 0.883. The van der Waals surface area contributed by atoms with Gasteiger partial charge in [0.05, 0.1) is 6.54 Å². The van der Waals surface area contributed by atoms with Gasteiger partial charge in [0.2, 0.25) is 5.91 Å². The first-order chi connectivity index (χ1) is 9.65. The Labute approximate surface area is 126 Å². The predicted molar refractivity (Wildman–Crippen MR) is 83.4 cm³/mol. The molecule has 2 aromatic rings. The zero-order valence-electron chi connectivity index (χ0n) is 11.1. The highest BCUT2D eigenvalue weighted by Crippen LogP contribution is 2.15. The maximum atomic E-state index is 11.9. The maximum absolute atomic E-state index is 11.9. The molecule has 0 saturated carbocycles. The number of pyridine rings is 1. The zero-order valence-corrected chi connectivity index (χ0v) is 12.7. The van der Waals surface area contributed by atoms with E-state index >= 15 is 0 Å². The Morgan fingerprint density at radius 3 is 2.75 bits per heavy atom. The van der Waals surface area contributed by atoms with E-state index in [1.165, 1.54) is 0 Å². The minimum atomic E-state index is -0.0657. The van der Waals surface area contributed by atoms with Gasteiger partial charge in [-0.3, -0.25) is 9.78 Å². The number of nitrogens with one attached hydrogen (secondary N) is 2. The average Bonchev–Trinajstić information content (AvgIpc) is 2.46. The van der Waals surface area contributed by atoms with Crippen molar-refractivity contribution in [2.24, 2.45) is 0 Å². The molecule has 104 valence electrons. The number of amides is 1. The Morgan fingerprint density at radius 2 is 2.05 bits per heavy atom. The van der Waals surface area contributed by atoms with E-state index in [-0.39, 0.29) is 18.5 Å². The van der Waals surface area contributed by atoms with Crippen molar-refractivity contribution in [3.63, 3.8) is 0 Å². The molecule has 1 aromatic carbocycles. The molecule has 4 nitrogen and oxygen atoms in total. The van der Waals surface area contributed by atoms with E-state index in [1.54, 1.807) is 12.4 Å². The molecular formula is C15H16BrN3O. The maximum Gasteiger partial charge on any atom is 0.238 e. The number of hydrogen-bond acceptors (Lipinski definition) is 3. The van der Waals surface area contributed by atoms with Crippen LogP contribution in [0.3, 0.4) is 0 Å². The highest BCUT2D eigenvalue weighted by molar-refractivity contribution is 9.10. The van der Waals surface area contributed by atoms with Crippen molar-refractivity contribution in [1.29, 1.82) is 0 Å². The summed E-state index contributed by atoms with van der Waals surface area (Å²) in [5.41, 5.74) is 1.89. The Kier molecular flexibility index (Phi) is 5.26. The van der Waals surface area contributed by atoms with Gasteiger partial charge in [-0.2, -0.15) is 0 Å². The van der Waals surface area contributed by atoms with Gasteiger partial charge in [-0.1, -0.05) is 22.0 Å². The minimum absolute atomic E-state index is 0.0657. The van der Waals surface area contributed by atoms with Gasteiger partial charge in [0.15, 0.2) is 0 Å². The molecule has 1 atom stereocenters. The lowest BCUT2D eigenvalue weighted by atomic mass is 10.1. The van der Waals surface area contributed by atoms with Gasteiger partial charge in [0.25, 0.3) is 0 Å². The summed E-state index contributed by atoms with van der Waals surface area (Å²) in [6, 6.07) is 11.5. The first kappa shape index (κ1) is 14.7. The van der Waals surface area contributed by atoms with Crippen molar-refractivity contribution in [3.8, 4) is 0 Å². The lowest BCUT2D eigenvalue weighted by molar-refractivity contribution is -0.115. The summed E-state index contributed by atoms with van der Waals surface area (Å²) in [6.07, 6.45) is 3.49. The van der Waals surface area contributed by atoms with Gasteiger partial charge in [-0.15, -0.1) is 0 Å². The summed E-state index contributed by atoms with van der Waals surface area (Å²) < 4.78 is 0.938. The molecule has 0 radical (unpaired) electrons. The van der Waals surface area contributed by atoms with Crippen LogP contribution < -0.4 is 10.6 Å². The van der Waals surface area contributed by atoms with Gasteiger partial charge in [-0.25, -0.2) is 0 Å². The van der Waals surface area contributed by atoms with E-state index in [0.29, 0.717) is 0 Å². The summed E-state index contributed by atoms with van der Waals surface area (Å²) in [5.74, 6) is -0.0657. The minimum Gasteiger partial charge on any atom is -0.325 e. The van der Waals surface area contributed by atoms with E-state index in [0.717, 1.165) is 15.7 Å². The largest absolute Gasteiger partial charge is 0.325 e. The van der Waals surface area contributed by atoms with E-state index in [9.17, 15) is 4.79 Å². The number of nitrogens with zero attached hydrogens (tertiary/aromatic N) is 1. The molecule has 0 aliphatic carbocycles. The second kappa shape index (κ2) is 7.17. The molecule has 5 heteroatoms. The highest BCUT2D eigenvalue weighted by Gasteiger charge is 2.07. The van der Waals surface area contributed by atoms with Crippen LogP contribution in [-0.4, -0.2) is 17.4 Å². The lowest BCUT2D eigenvalue weighted by Gasteiger charge is -2.14. The molecule has 1 amide bonds. The molecule has 0 unspecified atom stereocenters. The molecule has 0 spiro atoms. The van der Waals surface area contributed by atoms with E-state index in [1.807, 2.05) is 43.3 Å². The average molecular weight is 334 g/mol. The molecule has 0 saturated heterocycles. The van der Waals surface area contributed by atoms with Crippen molar-refractivity contribution in [2.45, 2.75) is 13.0 Å². The van der Waals surface area contributed by atoms with E-state index in [4.69, 9.17) is 0 Å². The van der Waals surface area contributed by atoms with Crippen LogP contribution in [0.25, 0.3) is 0 Å². The van der Waals surface area contributed by atoms with E-state index < -0.39 is 0 Å². The van der Waals surface area contributed by atoms with Crippen LogP contribution in [0.2, 0.25) is 0 Å². The van der Waals surface area contributed by atoms with Crippen molar-refractivity contribution in [3.05, 3.63) is 58.8 Å². The van der Waals surface area contributed by atoms with Crippen LogP contribution in [0.4, 0.5) is 5.69 Å². The summed E-state index contributed by atoms with van der Waals surface area (Å²) in [7, 11) is 0. The van der Waals surface area contributed by atoms with Crippen molar-refractivity contribution >= 4 is 27.5 Å². The SMILES string of the molecule is C[C@H](NCC(=O)Nc1cccc(Br)c1)c1ccncc1. The standard InChI is InChI=1S/C15H16BrN3O/c1-11(12-5-7-17-8-6-12)18-10-15(20)19-14-4-2-3-13(16)9-14/h2-9,11,18H,10H2,1H3,(H,19,20)/t11-/m0/s1. The molecule has 2 rings (SSSR count). The first-order valence-electron chi connectivity index (χ1n) is 6.34. The molecule has 2 N–H and O–H groups in total. The Bertz CT molecular complexity index is 574. The summed E-state index contributed by atoms with van der Waals surface area (Å²) in [5, 5.41) is 6.03. The molecule has 0 aliphatic rings. The van der Waals surface area contributed by atoms with Gasteiger partial charge in [0.1, 0.15) is 0 Å². The molecule has 0 fully saturated rings. The molecule has 0 bridgehead atoms. The normalized spacial score (nSPS) is 11.9. The van der Waals surface area contributed by atoms with Crippen molar-refractivity contribution in [2.75, 3.05) is 11.9 Å². The van der Waals surface area contributed by atoms with Gasteiger partial charge >= 0.3 is 0 Å². The fourth-order valence-corrected chi connectivity index (χ4v) is 2.19. The smallest absolute Gasteiger partial charge is 0.238 e. The number of hydrogen-bond donors (Lipinski definition) is 2. The number of halogens is 1. The van der Waals surface area contributed by atoms with Crippen molar-refractivity contribution in [1.82, 2.24) is 10.3 Å². The number of aromatic nitrogens is 1. The number of anilines is 1. The van der Waals surface area contributed by atoms with Crippen LogP contribution in [0, 0.1) is 0 Å². The van der Waals surface area contributed by atoms with Crippen LogP contribution in [0.1, 0.15) is 18.5 Å².